The fourth-order valence-corrected chi connectivity index (χ4v) is 0.476. The van der Waals surface area contributed by atoms with Crippen LogP contribution in [0.4, 0.5) is 8.78 Å². The van der Waals surface area contributed by atoms with Crippen LogP contribution in [0.3, 0.4) is 0 Å². The highest BCUT2D eigenvalue weighted by Crippen LogP contribution is 2.13. The van der Waals surface area contributed by atoms with Gasteiger partial charge in [-0.3, -0.25) is 4.79 Å². The summed E-state index contributed by atoms with van der Waals surface area (Å²) in [6.07, 6.45) is 0. The number of carbonyl (C=O) groups is 1. The van der Waals surface area contributed by atoms with Gasteiger partial charge in [-0.1, -0.05) is 0 Å². The van der Waals surface area contributed by atoms with Crippen molar-refractivity contribution < 1.29 is 18.7 Å². The first kappa shape index (κ1) is 11.8. The Morgan fingerprint density at radius 2 is 2.08 bits per heavy atom. The number of hydrogen-bond donors (Lipinski definition) is 2. The summed E-state index contributed by atoms with van der Waals surface area (Å²) in [7, 11) is 0. The lowest BCUT2D eigenvalue weighted by molar-refractivity contribution is -0.140. The zero-order valence-corrected chi connectivity index (χ0v) is 7.27. The van der Waals surface area contributed by atoms with Gasteiger partial charge >= 0.3 is 11.8 Å². The average Bonchev–Trinajstić information content (AvgIpc) is 2.04. The molecule has 0 aromatic rings. The van der Waals surface area contributed by atoms with Crippen LogP contribution in [-0.4, -0.2) is 29.1 Å². The van der Waals surface area contributed by atoms with E-state index < -0.39 is 24.0 Å². The predicted molar refractivity (Wildman–Crippen MR) is 39.9 cm³/mol. The summed E-state index contributed by atoms with van der Waals surface area (Å²) in [5.41, 5.74) is -1.16. The molecule has 1 amide bonds. The summed E-state index contributed by atoms with van der Waals surface area (Å²) < 4.78 is 24.7. The van der Waals surface area contributed by atoms with Crippen molar-refractivity contribution in [1.82, 2.24) is 5.32 Å². The molecule has 0 aromatic carbocycles. The number of alkyl halides is 2. The third-order valence-electron chi connectivity index (χ3n) is 1.27. The molecule has 0 heterocycles. The van der Waals surface area contributed by atoms with Gasteiger partial charge < -0.3 is 10.4 Å². The summed E-state index contributed by atoms with van der Waals surface area (Å²) in [6.45, 7) is 2.23. The molecule has 13 heavy (non-hydrogen) atoms. The van der Waals surface area contributed by atoms with Gasteiger partial charge in [-0.15, -0.1) is 0 Å². The Morgan fingerprint density at radius 1 is 1.62 bits per heavy atom. The average molecular weight is 192 g/mol. The molecule has 0 unspecified atom stereocenters. The van der Waals surface area contributed by atoms with E-state index in [2.05, 4.69) is 0 Å². The van der Waals surface area contributed by atoms with E-state index >= 15 is 0 Å². The van der Waals surface area contributed by atoms with Crippen LogP contribution in [0.2, 0.25) is 0 Å². The second kappa shape index (κ2) is 3.66. The van der Waals surface area contributed by atoms with Crippen LogP contribution in [0, 0.1) is 11.3 Å². The van der Waals surface area contributed by atoms with Crippen molar-refractivity contribution in [1.29, 1.82) is 5.26 Å². The number of aliphatic hydroxyl groups is 1. The smallest absolute Gasteiger partial charge is 0.394 e. The van der Waals surface area contributed by atoms with Gasteiger partial charge in [0.2, 0.25) is 0 Å². The number of nitriles is 1. The lowest BCUT2D eigenvalue weighted by atomic mass is 10.1. The van der Waals surface area contributed by atoms with Crippen LogP contribution in [0.25, 0.3) is 0 Å². The molecule has 0 saturated heterocycles. The molecule has 0 radical (unpaired) electrons. The molecule has 4 nitrogen and oxygen atoms in total. The van der Waals surface area contributed by atoms with Gasteiger partial charge in [-0.05, 0) is 13.8 Å². The van der Waals surface area contributed by atoms with E-state index in [1.807, 2.05) is 5.32 Å². The van der Waals surface area contributed by atoms with Gasteiger partial charge in [0.25, 0.3) is 0 Å². The maximum Gasteiger partial charge on any atom is 0.408 e. The number of aliphatic hydroxyl groups excluding tert-OH is 1. The van der Waals surface area contributed by atoms with Crippen LogP contribution in [0.5, 0.6) is 0 Å². The first-order chi connectivity index (χ1) is 5.75. The molecular formula is C7H10F2N2O2. The summed E-state index contributed by atoms with van der Waals surface area (Å²) in [5, 5.41) is 18.4. The Morgan fingerprint density at radius 3 is 2.38 bits per heavy atom. The van der Waals surface area contributed by atoms with Crippen molar-refractivity contribution in [3.8, 4) is 6.07 Å². The van der Waals surface area contributed by atoms with Gasteiger partial charge in [0.15, 0.2) is 0 Å². The molecule has 0 spiro atoms. The van der Waals surface area contributed by atoms with Crippen LogP contribution in [0.1, 0.15) is 13.8 Å². The highest BCUT2D eigenvalue weighted by Gasteiger charge is 2.41. The highest BCUT2D eigenvalue weighted by atomic mass is 19.3. The Kier molecular flexibility index (Phi) is 3.32. The highest BCUT2D eigenvalue weighted by molar-refractivity contribution is 5.86. The summed E-state index contributed by atoms with van der Waals surface area (Å²) in [6, 6.07) is 0.561. The number of nitrogens with one attached hydrogen (secondary N) is 1. The lowest BCUT2D eigenvalue weighted by Gasteiger charge is -2.24. The van der Waals surface area contributed by atoms with Crippen LogP contribution in [-0.2, 0) is 4.79 Å². The maximum atomic E-state index is 12.4. The summed E-state index contributed by atoms with van der Waals surface area (Å²) in [4.78, 5) is 10.7. The minimum Gasteiger partial charge on any atom is -0.394 e. The van der Waals surface area contributed by atoms with Gasteiger partial charge in [0.1, 0.15) is 6.07 Å². The van der Waals surface area contributed by atoms with E-state index in [0.29, 0.717) is 6.07 Å². The fourth-order valence-electron chi connectivity index (χ4n) is 0.476. The van der Waals surface area contributed by atoms with E-state index in [4.69, 9.17) is 10.4 Å². The number of halogens is 2. The Bertz CT molecular complexity index is 245. The zero-order chi connectivity index (χ0) is 10.7. The molecule has 0 saturated carbocycles. The molecule has 2 N–H and O–H groups in total. The third kappa shape index (κ3) is 3.34. The van der Waals surface area contributed by atoms with E-state index in [-0.39, 0.29) is 0 Å². The number of rotatable bonds is 3. The standard InChI is InChI=1S/C7H10F2N2O2/c1-6(2,4-12)11-5(13)7(8,9)3-10/h12H,4H2,1-2H3,(H,11,13). The van der Waals surface area contributed by atoms with Crippen molar-refractivity contribution in [2.24, 2.45) is 0 Å². The molecule has 0 aliphatic heterocycles. The minimum atomic E-state index is -4.05. The molecular weight excluding hydrogens is 182 g/mol. The molecule has 0 fully saturated rings. The van der Waals surface area contributed by atoms with E-state index in [1.165, 1.54) is 13.8 Å². The Hall–Kier alpha value is -1.22. The SMILES string of the molecule is CC(C)(CO)NC(=O)C(F)(F)C#N. The number of hydrogen-bond acceptors (Lipinski definition) is 3. The maximum absolute atomic E-state index is 12.4. The van der Waals surface area contributed by atoms with Crippen molar-refractivity contribution in [3.63, 3.8) is 0 Å². The molecule has 0 rings (SSSR count). The molecule has 6 heteroatoms. The van der Waals surface area contributed by atoms with Gasteiger partial charge in [-0.25, -0.2) is 0 Å². The lowest BCUT2D eigenvalue weighted by Crippen LogP contribution is -2.52. The van der Waals surface area contributed by atoms with Crippen molar-refractivity contribution in [2.45, 2.75) is 25.3 Å². The number of nitrogens with zero attached hydrogens (tertiary/aromatic N) is 1. The first-order valence-corrected chi connectivity index (χ1v) is 3.48. The quantitative estimate of drug-likeness (QED) is 0.662. The normalized spacial score (nSPS) is 12.0. The van der Waals surface area contributed by atoms with Gasteiger partial charge in [0.05, 0.1) is 12.1 Å². The topological polar surface area (TPSA) is 73.1 Å². The van der Waals surface area contributed by atoms with Crippen molar-refractivity contribution >= 4 is 5.91 Å². The molecule has 0 aliphatic rings. The first-order valence-electron chi connectivity index (χ1n) is 3.48. The van der Waals surface area contributed by atoms with E-state index in [0.717, 1.165) is 0 Å². The molecule has 0 bridgehead atoms. The monoisotopic (exact) mass is 192 g/mol. The summed E-state index contributed by atoms with van der Waals surface area (Å²) >= 11 is 0. The van der Waals surface area contributed by atoms with Crippen LogP contribution in [0.15, 0.2) is 0 Å². The van der Waals surface area contributed by atoms with Crippen molar-refractivity contribution in [2.75, 3.05) is 6.61 Å². The number of amides is 1. The van der Waals surface area contributed by atoms with Crippen molar-refractivity contribution in [3.05, 3.63) is 0 Å². The van der Waals surface area contributed by atoms with Gasteiger partial charge in [0, 0.05) is 0 Å². The molecule has 0 aromatic heterocycles. The fraction of sp³-hybridized carbons (Fsp3) is 0.714. The van der Waals surface area contributed by atoms with Crippen LogP contribution >= 0.6 is 0 Å². The molecule has 0 aliphatic carbocycles. The minimum absolute atomic E-state index is 0.486. The van der Waals surface area contributed by atoms with Crippen LogP contribution < -0.4 is 5.32 Å². The van der Waals surface area contributed by atoms with E-state index in [1.54, 1.807) is 0 Å². The van der Waals surface area contributed by atoms with E-state index in [9.17, 15) is 13.6 Å². The Labute approximate surface area is 74.2 Å². The second-order valence-corrected chi connectivity index (χ2v) is 3.18. The zero-order valence-electron chi connectivity index (χ0n) is 7.27. The predicted octanol–water partition coefficient (Wildman–Crippen LogP) is 0.0324. The largest absolute Gasteiger partial charge is 0.408 e. The molecule has 74 valence electrons. The number of carbonyl (C=O) groups excluding carboxylic acids is 1. The third-order valence-corrected chi connectivity index (χ3v) is 1.27. The van der Waals surface area contributed by atoms with Gasteiger partial charge in [-0.2, -0.15) is 14.0 Å². The molecule has 0 atom stereocenters. The summed E-state index contributed by atoms with van der Waals surface area (Å²) in [5.74, 6) is -5.75. The second-order valence-electron chi connectivity index (χ2n) is 3.18. The Balaban J connectivity index is 4.43.